The molecule has 2 saturated heterocycles. The third kappa shape index (κ3) is 2.27. The van der Waals surface area contributed by atoms with Crippen LogP contribution in [0.3, 0.4) is 0 Å². The fourth-order valence-corrected chi connectivity index (χ4v) is 3.01. The van der Waals surface area contributed by atoms with Gasteiger partial charge in [-0.25, -0.2) is 0 Å². The molecule has 0 spiro atoms. The maximum absolute atomic E-state index is 8.88. The van der Waals surface area contributed by atoms with E-state index in [1.807, 2.05) is 12.1 Å². The molecule has 3 nitrogen and oxygen atoms in total. The molecule has 2 aliphatic heterocycles. The van der Waals surface area contributed by atoms with Crippen LogP contribution in [0.5, 0.6) is 0 Å². The maximum Gasteiger partial charge on any atom is 0.0991 e. The van der Waals surface area contributed by atoms with Crippen molar-refractivity contribution in [3.05, 3.63) is 34.9 Å². The smallest absolute Gasteiger partial charge is 0.0991 e. The van der Waals surface area contributed by atoms with E-state index in [4.69, 9.17) is 10.00 Å². The van der Waals surface area contributed by atoms with Gasteiger partial charge >= 0.3 is 0 Å². The van der Waals surface area contributed by atoms with Crippen molar-refractivity contribution in [3.8, 4) is 6.07 Å². The lowest BCUT2D eigenvalue weighted by Crippen LogP contribution is -2.42. The number of benzene rings is 1. The molecule has 2 bridgehead atoms. The molecule has 1 aromatic carbocycles. The van der Waals surface area contributed by atoms with Crippen LogP contribution in [0, 0.1) is 18.3 Å². The molecule has 3 heteroatoms. The standard InChI is InChI=1S/C15H18N2O/c1-11-6-12(7-16)2-3-13(11)8-17-9-14-4-5-15(10-17)18-14/h2-3,6,14-15H,4-5,8-10H2,1H3. The Hall–Kier alpha value is -1.37. The average molecular weight is 242 g/mol. The SMILES string of the molecule is Cc1cc(C#N)ccc1CN1CC2CCC(C1)O2. The first-order valence-electron chi connectivity index (χ1n) is 6.62. The number of nitrogens with zero attached hydrogens (tertiary/aromatic N) is 2. The second-order valence-electron chi connectivity index (χ2n) is 5.40. The summed E-state index contributed by atoms with van der Waals surface area (Å²) in [6.07, 6.45) is 3.32. The highest BCUT2D eigenvalue weighted by Gasteiger charge is 2.33. The van der Waals surface area contributed by atoms with Crippen LogP contribution in [0.4, 0.5) is 0 Å². The number of hydrogen-bond donors (Lipinski definition) is 0. The van der Waals surface area contributed by atoms with Crippen molar-refractivity contribution in [1.82, 2.24) is 4.90 Å². The Bertz CT molecular complexity index is 480. The van der Waals surface area contributed by atoms with Gasteiger partial charge in [-0.05, 0) is 43.0 Å². The predicted octanol–water partition coefficient (Wildman–Crippen LogP) is 2.23. The number of fused-ring (bicyclic) bond motifs is 2. The van der Waals surface area contributed by atoms with E-state index in [0.29, 0.717) is 12.2 Å². The third-order valence-electron chi connectivity index (χ3n) is 3.98. The molecule has 0 aromatic heterocycles. The van der Waals surface area contributed by atoms with Crippen molar-refractivity contribution in [2.24, 2.45) is 0 Å². The molecule has 2 atom stereocenters. The highest BCUT2D eigenvalue weighted by molar-refractivity contribution is 5.37. The molecular weight excluding hydrogens is 224 g/mol. The minimum absolute atomic E-state index is 0.447. The second kappa shape index (κ2) is 4.72. The van der Waals surface area contributed by atoms with E-state index in [0.717, 1.165) is 25.2 Å². The molecule has 0 radical (unpaired) electrons. The molecule has 2 aliphatic rings. The minimum Gasteiger partial charge on any atom is -0.372 e. The summed E-state index contributed by atoms with van der Waals surface area (Å²) in [6.45, 7) is 5.17. The van der Waals surface area contributed by atoms with Gasteiger partial charge in [0.1, 0.15) is 0 Å². The summed E-state index contributed by atoms with van der Waals surface area (Å²) >= 11 is 0. The van der Waals surface area contributed by atoms with Gasteiger partial charge in [0.25, 0.3) is 0 Å². The van der Waals surface area contributed by atoms with Crippen LogP contribution in [0.2, 0.25) is 0 Å². The molecule has 2 fully saturated rings. The molecule has 0 N–H and O–H groups in total. The van der Waals surface area contributed by atoms with Gasteiger partial charge in [0, 0.05) is 19.6 Å². The Balaban J connectivity index is 1.71. The number of ether oxygens (including phenoxy) is 1. The molecular formula is C15H18N2O. The zero-order chi connectivity index (χ0) is 12.5. The van der Waals surface area contributed by atoms with E-state index in [-0.39, 0.29) is 0 Å². The summed E-state index contributed by atoms with van der Waals surface area (Å²) in [5.41, 5.74) is 3.29. The first kappa shape index (κ1) is 11.7. The van der Waals surface area contributed by atoms with E-state index in [1.165, 1.54) is 24.0 Å². The van der Waals surface area contributed by atoms with Gasteiger partial charge in [0.2, 0.25) is 0 Å². The number of likely N-dealkylation sites (tertiary alicyclic amines) is 1. The molecule has 18 heavy (non-hydrogen) atoms. The molecule has 3 rings (SSSR count). The first-order valence-corrected chi connectivity index (χ1v) is 6.62. The molecule has 94 valence electrons. The summed E-state index contributed by atoms with van der Waals surface area (Å²) in [7, 11) is 0. The summed E-state index contributed by atoms with van der Waals surface area (Å²) in [4.78, 5) is 2.49. The van der Waals surface area contributed by atoms with Gasteiger partial charge in [-0.1, -0.05) is 6.07 Å². The van der Waals surface area contributed by atoms with Gasteiger partial charge in [-0.2, -0.15) is 5.26 Å². The number of morpholine rings is 1. The zero-order valence-corrected chi connectivity index (χ0v) is 10.7. The van der Waals surface area contributed by atoms with E-state index >= 15 is 0 Å². The van der Waals surface area contributed by atoms with Crippen LogP contribution >= 0.6 is 0 Å². The monoisotopic (exact) mass is 242 g/mol. The van der Waals surface area contributed by atoms with Crippen LogP contribution in [-0.4, -0.2) is 30.2 Å². The highest BCUT2D eigenvalue weighted by Crippen LogP contribution is 2.27. The van der Waals surface area contributed by atoms with E-state index in [2.05, 4.69) is 24.0 Å². The van der Waals surface area contributed by atoms with Crippen LogP contribution in [0.1, 0.15) is 29.5 Å². The Kier molecular flexibility index (Phi) is 3.07. The van der Waals surface area contributed by atoms with E-state index in [1.54, 1.807) is 0 Å². The summed E-state index contributed by atoms with van der Waals surface area (Å²) < 4.78 is 5.85. The van der Waals surface area contributed by atoms with Gasteiger partial charge in [0.15, 0.2) is 0 Å². The normalized spacial score (nSPS) is 27.1. The lowest BCUT2D eigenvalue weighted by Gasteiger charge is -2.32. The molecule has 0 saturated carbocycles. The summed E-state index contributed by atoms with van der Waals surface area (Å²) in [5, 5.41) is 8.88. The molecule has 0 amide bonds. The molecule has 0 aliphatic carbocycles. The van der Waals surface area contributed by atoms with Gasteiger partial charge in [-0.3, -0.25) is 4.90 Å². The maximum atomic E-state index is 8.88. The van der Waals surface area contributed by atoms with Gasteiger partial charge in [0.05, 0.1) is 23.8 Å². The zero-order valence-electron chi connectivity index (χ0n) is 10.7. The minimum atomic E-state index is 0.447. The molecule has 2 heterocycles. The van der Waals surface area contributed by atoms with Crippen molar-refractivity contribution in [1.29, 1.82) is 5.26 Å². The highest BCUT2D eigenvalue weighted by atomic mass is 16.5. The number of nitriles is 1. The number of hydrogen-bond acceptors (Lipinski definition) is 3. The fourth-order valence-electron chi connectivity index (χ4n) is 3.01. The van der Waals surface area contributed by atoms with Gasteiger partial charge < -0.3 is 4.74 Å². The van der Waals surface area contributed by atoms with Crippen molar-refractivity contribution >= 4 is 0 Å². The van der Waals surface area contributed by atoms with Crippen LogP contribution < -0.4 is 0 Å². The summed E-state index contributed by atoms with van der Waals surface area (Å²) in [5.74, 6) is 0. The quantitative estimate of drug-likeness (QED) is 0.798. The first-order chi connectivity index (χ1) is 8.74. The van der Waals surface area contributed by atoms with Gasteiger partial charge in [-0.15, -0.1) is 0 Å². The Morgan fingerprint density at radius 3 is 2.67 bits per heavy atom. The Labute approximate surface area is 108 Å². The van der Waals surface area contributed by atoms with E-state index in [9.17, 15) is 0 Å². The topological polar surface area (TPSA) is 36.3 Å². The largest absolute Gasteiger partial charge is 0.372 e. The van der Waals surface area contributed by atoms with Crippen molar-refractivity contribution in [3.63, 3.8) is 0 Å². The number of rotatable bonds is 2. The average Bonchev–Trinajstić information content (AvgIpc) is 2.71. The molecule has 2 unspecified atom stereocenters. The van der Waals surface area contributed by atoms with Crippen molar-refractivity contribution < 1.29 is 4.74 Å². The lowest BCUT2D eigenvalue weighted by molar-refractivity contribution is -0.0411. The van der Waals surface area contributed by atoms with Crippen LogP contribution in [-0.2, 0) is 11.3 Å². The van der Waals surface area contributed by atoms with Crippen molar-refractivity contribution in [2.45, 2.75) is 38.5 Å². The molecule has 1 aromatic rings. The van der Waals surface area contributed by atoms with Crippen molar-refractivity contribution in [2.75, 3.05) is 13.1 Å². The number of aryl methyl sites for hydroxylation is 1. The fraction of sp³-hybridized carbons (Fsp3) is 0.533. The summed E-state index contributed by atoms with van der Waals surface area (Å²) in [6, 6.07) is 8.17. The second-order valence-corrected chi connectivity index (χ2v) is 5.40. The third-order valence-corrected chi connectivity index (χ3v) is 3.98. The van der Waals surface area contributed by atoms with E-state index < -0.39 is 0 Å². The Morgan fingerprint density at radius 1 is 1.33 bits per heavy atom. The lowest BCUT2D eigenvalue weighted by atomic mass is 10.0. The van der Waals surface area contributed by atoms with Crippen LogP contribution in [0.25, 0.3) is 0 Å². The predicted molar refractivity (Wildman–Crippen MR) is 69.1 cm³/mol. The van der Waals surface area contributed by atoms with Crippen LogP contribution in [0.15, 0.2) is 18.2 Å². The Morgan fingerprint density at radius 2 is 2.06 bits per heavy atom.